The van der Waals surface area contributed by atoms with Crippen LogP contribution in [-0.4, -0.2) is 54.5 Å². The number of rotatable bonds is 2. The van der Waals surface area contributed by atoms with Crippen LogP contribution >= 0.6 is 0 Å². The summed E-state index contributed by atoms with van der Waals surface area (Å²) in [5.74, 6) is 0.279. The molecule has 0 aliphatic carbocycles. The highest BCUT2D eigenvalue weighted by Gasteiger charge is 2.11. The summed E-state index contributed by atoms with van der Waals surface area (Å²) in [5.41, 5.74) is 0.794. The molecule has 0 radical (unpaired) electrons. The highest BCUT2D eigenvalue weighted by Crippen LogP contribution is 2.25. The Balaban J connectivity index is 1.88. The van der Waals surface area contributed by atoms with Gasteiger partial charge in [0.1, 0.15) is 5.75 Å². The minimum Gasteiger partial charge on any atom is -0.507 e. The summed E-state index contributed by atoms with van der Waals surface area (Å²) in [5, 5.41) is 18.8. The SMILES string of the molecule is CN1CCN(/N=C/c2c(O)ccc3ccccc23)CC1. The van der Waals surface area contributed by atoms with Crippen LogP contribution in [0.2, 0.25) is 0 Å². The Morgan fingerprint density at radius 3 is 2.60 bits per heavy atom. The van der Waals surface area contributed by atoms with E-state index in [1.807, 2.05) is 30.3 Å². The Bertz CT molecular complexity index is 631. The van der Waals surface area contributed by atoms with Gasteiger partial charge in [0.05, 0.1) is 6.21 Å². The zero-order chi connectivity index (χ0) is 13.9. The van der Waals surface area contributed by atoms with Gasteiger partial charge < -0.3 is 10.0 Å². The molecule has 1 N–H and O–H groups in total. The van der Waals surface area contributed by atoms with E-state index in [0.29, 0.717) is 0 Å². The third-order valence-electron chi connectivity index (χ3n) is 3.78. The molecule has 1 aliphatic heterocycles. The van der Waals surface area contributed by atoms with Crippen LogP contribution < -0.4 is 0 Å². The molecule has 0 saturated carbocycles. The Morgan fingerprint density at radius 2 is 1.80 bits per heavy atom. The fraction of sp³-hybridized carbons (Fsp3) is 0.312. The molecule has 20 heavy (non-hydrogen) atoms. The molecule has 0 aromatic heterocycles. The number of nitrogens with zero attached hydrogens (tertiary/aromatic N) is 3. The van der Waals surface area contributed by atoms with Crippen LogP contribution in [0, 0.1) is 0 Å². The summed E-state index contributed by atoms with van der Waals surface area (Å²) < 4.78 is 0. The molecule has 1 aliphatic rings. The van der Waals surface area contributed by atoms with Crippen molar-refractivity contribution < 1.29 is 5.11 Å². The number of piperazine rings is 1. The van der Waals surface area contributed by atoms with Crippen molar-refractivity contribution in [1.29, 1.82) is 0 Å². The normalized spacial score (nSPS) is 17.1. The number of aromatic hydroxyl groups is 1. The van der Waals surface area contributed by atoms with Crippen molar-refractivity contribution in [2.45, 2.75) is 0 Å². The molecule has 0 atom stereocenters. The van der Waals surface area contributed by atoms with Crippen LogP contribution in [0.15, 0.2) is 41.5 Å². The van der Waals surface area contributed by atoms with E-state index < -0.39 is 0 Å². The largest absolute Gasteiger partial charge is 0.507 e. The molecule has 0 unspecified atom stereocenters. The molecule has 2 aromatic rings. The van der Waals surface area contributed by atoms with E-state index in [4.69, 9.17) is 0 Å². The maximum Gasteiger partial charge on any atom is 0.125 e. The maximum absolute atomic E-state index is 10.1. The molecule has 4 nitrogen and oxygen atoms in total. The van der Waals surface area contributed by atoms with Gasteiger partial charge in [-0.15, -0.1) is 0 Å². The molecular weight excluding hydrogens is 250 g/mol. The summed E-state index contributed by atoms with van der Waals surface area (Å²) in [7, 11) is 2.12. The van der Waals surface area contributed by atoms with E-state index in [0.717, 1.165) is 42.5 Å². The van der Waals surface area contributed by atoms with E-state index in [2.05, 4.69) is 22.1 Å². The molecular formula is C16H19N3O. The van der Waals surface area contributed by atoms with Crippen molar-refractivity contribution in [3.05, 3.63) is 42.0 Å². The van der Waals surface area contributed by atoms with Crippen molar-refractivity contribution >= 4 is 17.0 Å². The lowest BCUT2D eigenvalue weighted by Gasteiger charge is -2.30. The Hall–Kier alpha value is -2.07. The summed E-state index contributed by atoms with van der Waals surface area (Å²) in [6.45, 7) is 3.91. The zero-order valence-electron chi connectivity index (χ0n) is 11.7. The summed E-state index contributed by atoms with van der Waals surface area (Å²) >= 11 is 0. The third kappa shape index (κ3) is 2.60. The van der Waals surface area contributed by atoms with Crippen molar-refractivity contribution in [1.82, 2.24) is 9.91 Å². The molecule has 1 fully saturated rings. The van der Waals surface area contributed by atoms with Gasteiger partial charge in [0.2, 0.25) is 0 Å². The van der Waals surface area contributed by atoms with Crippen molar-refractivity contribution in [3.63, 3.8) is 0 Å². The van der Waals surface area contributed by atoms with Gasteiger partial charge in [0.25, 0.3) is 0 Å². The van der Waals surface area contributed by atoms with Crippen LogP contribution in [0.3, 0.4) is 0 Å². The van der Waals surface area contributed by atoms with Crippen LogP contribution in [0.1, 0.15) is 5.56 Å². The minimum absolute atomic E-state index is 0.279. The molecule has 1 heterocycles. The minimum atomic E-state index is 0.279. The fourth-order valence-corrected chi connectivity index (χ4v) is 2.47. The first-order valence-electron chi connectivity index (χ1n) is 6.92. The number of hydrogen-bond acceptors (Lipinski definition) is 4. The Morgan fingerprint density at radius 1 is 1.05 bits per heavy atom. The van der Waals surface area contributed by atoms with E-state index in [-0.39, 0.29) is 5.75 Å². The molecule has 2 aromatic carbocycles. The van der Waals surface area contributed by atoms with Crippen LogP contribution in [-0.2, 0) is 0 Å². The van der Waals surface area contributed by atoms with Crippen molar-refractivity contribution in [2.24, 2.45) is 5.10 Å². The number of fused-ring (bicyclic) bond motifs is 1. The molecule has 0 spiro atoms. The number of benzene rings is 2. The first-order valence-corrected chi connectivity index (χ1v) is 6.92. The standard InChI is InChI=1S/C16H19N3O/c1-18-8-10-19(11-9-18)17-12-15-14-5-3-2-4-13(14)6-7-16(15)20/h2-7,12,20H,8-11H2,1H3/b17-12+. The van der Waals surface area contributed by atoms with Crippen LogP contribution in [0.4, 0.5) is 0 Å². The van der Waals surface area contributed by atoms with E-state index in [1.165, 1.54) is 0 Å². The summed E-state index contributed by atoms with van der Waals surface area (Å²) in [4.78, 5) is 2.29. The molecule has 0 amide bonds. The summed E-state index contributed by atoms with van der Waals surface area (Å²) in [6.07, 6.45) is 1.78. The second-order valence-electron chi connectivity index (χ2n) is 5.22. The lowest BCUT2D eigenvalue weighted by Crippen LogP contribution is -2.41. The highest BCUT2D eigenvalue weighted by atomic mass is 16.3. The van der Waals surface area contributed by atoms with Crippen molar-refractivity contribution in [3.8, 4) is 5.75 Å². The van der Waals surface area contributed by atoms with Gasteiger partial charge in [-0.3, -0.25) is 5.01 Å². The second-order valence-corrected chi connectivity index (χ2v) is 5.22. The number of hydrogen-bond donors (Lipinski definition) is 1. The average molecular weight is 269 g/mol. The van der Waals surface area contributed by atoms with Gasteiger partial charge in [0, 0.05) is 31.7 Å². The number of likely N-dealkylation sites (N-methyl/N-ethyl adjacent to an activating group) is 1. The smallest absolute Gasteiger partial charge is 0.125 e. The predicted molar refractivity (Wildman–Crippen MR) is 82.3 cm³/mol. The van der Waals surface area contributed by atoms with Crippen LogP contribution in [0.25, 0.3) is 10.8 Å². The zero-order valence-corrected chi connectivity index (χ0v) is 11.7. The van der Waals surface area contributed by atoms with Crippen LogP contribution in [0.5, 0.6) is 5.75 Å². The monoisotopic (exact) mass is 269 g/mol. The van der Waals surface area contributed by atoms with Gasteiger partial charge in [-0.2, -0.15) is 5.10 Å². The molecule has 4 heteroatoms. The lowest BCUT2D eigenvalue weighted by molar-refractivity contribution is 0.159. The fourth-order valence-electron chi connectivity index (χ4n) is 2.47. The molecule has 104 valence electrons. The first-order chi connectivity index (χ1) is 9.74. The van der Waals surface area contributed by atoms with E-state index in [1.54, 1.807) is 12.3 Å². The lowest BCUT2D eigenvalue weighted by atomic mass is 10.0. The second kappa shape index (κ2) is 5.51. The van der Waals surface area contributed by atoms with Gasteiger partial charge in [-0.05, 0) is 23.9 Å². The summed E-state index contributed by atoms with van der Waals surface area (Å²) in [6, 6.07) is 11.7. The van der Waals surface area contributed by atoms with Gasteiger partial charge in [-0.25, -0.2) is 0 Å². The number of hydrazone groups is 1. The van der Waals surface area contributed by atoms with Gasteiger partial charge in [-0.1, -0.05) is 30.3 Å². The Labute approximate surface area is 118 Å². The molecule has 3 rings (SSSR count). The Kier molecular flexibility index (Phi) is 3.56. The van der Waals surface area contributed by atoms with Crippen molar-refractivity contribution in [2.75, 3.05) is 33.2 Å². The molecule has 0 bridgehead atoms. The van der Waals surface area contributed by atoms with E-state index >= 15 is 0 Å². The highest BCUT2D eigenvalue weighted by molar-refractivity contribution is 6.02. The first kappa shape index (κ1) is 12.9. The van der Waals surface area contributed by atoms with E-state index in [9.17, 15) is 5.11 Å². The quantitative estimate of drug-likeness (QED) is 0.849. The van der Waals surface area contributed by atoms with Gasteiger partial charge in [0.15, 0.2) is 0 Å². The predicted octanol–water partition coefficient (Wildman–Crippen LogP) is 2.13. The maximum atomic E-state index is 10.1. The molecule has 1 saturated heterocycles. The third-order valence-corrected chi connectivity index (χ3v) is 3.78. The number of phenolic OH excluding ortho intramolecular Hbond substituents is 1. The topological polar surface area (TPSA) is 39.1 Å². The number of phenols is 1. The van der Waals surface area contributed by atoms with Gasteiger partial charge >= 0.3 is 0 Å². The average Bonchev–Trinajstić information content (AvgIpc) is 2.48.